The summed E-state index contributed by atoms with van der Waals surface area (Å²) in [6.07, 6.45) is 0. The molecule has 7 heteroatoms. The Bertz CT molecular complexity index is 1920. The fourth-order valence-corrected chi connectivity index (χ4v) is 15.6. The van der Waals surface area contributed by atoms with Crippen LogP contribution in [-0.2, 0) is 14.8 Å². The van der Waals surface area contributed by atoms with Gasteiger partial charge in [-0.2, -0.15) is 0 Å². The van der Waals surface area contributed by atoms with E-state index in [2.05, 4.69) is 229 Å². The van der Waals surface area contributed by atoms with Crippen molar-refractivity contribution in [2.24, 2.45) is 0 Å². The van der Waals surface area contributed by atoms with Crippen molar-refractivity contribution >= 4 is 90.1 Å². The van der Waals surface area contributed by atoms with E-state index in [-0.39, 0.29) is 31.4 Å². The van der Waals surface area contributed by atoms with E-state index in [4.69, 9.17) is 0 Å². The molecule has 0 nitrogen and oxygen atoms in total. The number of aryl methyl sites for hydroxylation is 5. The van der Waals surface area contributed by atoms with Crippen molar-refractivity contribution in [3.63, 3.8) is 0 Å². The summed E-state index contributed by atoms with van der Waals surface area (Å²) in [6.45, 7) is 15.9. The Morgan fingerprint density at radius 2 is 0.722 bits per heavy atom. The maximum atomic E-state index is 2.35. The van der Waals surface area contributed by atoms with Gasteiger partial charge in [-0.25, -0.2) is 0 Å². The summed E-state index contributed by atoms with van der Waals surface area (Å²) >= 11 is 8.36. The Kier molecular flexibility index (Phi) is 19.9. The third kappa shape index (κ3) is 11.3. The van der Waals surface area contributed by atoms with Crippen molar-refractivity contribution in [3.05, 3.63) is 184 Å². The van der Waals surface area contributed by atoms with Gasteiger partial charge >= 0.3 is 34.5 Å². The van der Waals surface area contributed by atoms with Crippen LogP contribution in [0.3, 0.4) is 0 Å². The van der Waals surface area contributed by atoms with E-state index < -0.39 is 15.8 Å². The van der Waals surface area contributed by atoms with Crippen molar-refractivity contribution < 1.29 is 38.8 Å². The first-order valence-corrected chi connectivity index (χ1v) is 27.4. The standard InChI is InChI=1S/C36H32P2S2.C10H14.CH3.2HI.Ru/c1-25-33(35(27(3)39-25)37(29-17-9-5-10-18-29)30-19-11-6-12-20-30)34-26(2)40-28(4)36(34)38(31-21-13-7-14-22-31)32-23-15-8-16-24-32;1-8(2)10-6-4-9(3)5-7-10;;;;/h5-24H,1-4H3;4-8H,1-3H3;1H3;2*1H;/q;;-1;;;+3. The molecule has 0 atom stereocenters. The maximum absolute atomic E-state index is 2.35. The molecule has 7 aromatic rings. The van der Waals surface area contributed by atoms with Crippen molar-refractivity contribution in [2.75, 3.05) is 0 Å². The summed E-state index contributed by atoms with van der Waals surface area (Å²) in [5, 5.41) is 8.92. The van der Waals surface area contributed by atoms with E-state index in [9.17, 15) is 0 Å². The van der Waals surface area contributed by atoms with Gasteiger partial charge in [-0.15, -0.1) is 22.7 Å². The van der Waals surface area contributed by atoms with Crippen LogP contribution in [0.5, 0.6) is 0 Å². The van der Waals surface area contributed by atoms with Gasteiger partial charge in [0, 0.05) is 30.6 Å². The van der Waals surface area contributed by atoms with Gasteiger partial charge in [0.05, 0.1) is 0 Å². The molecule has 2 heterocycles. The molecular weight excluding hydrogens is 1050 g/mol. The summed E-state index contributed by atoms with van der Waals surface area (Å²) < 4.78 is 0. The molecule has 281 valence electrons. The second kappa shape index (κ2) is 23.0. The molecule has 0 radical (unpaired) electrons. The number of hydrogen-bond donors (Lipinski definition) is 0. The zero-order chi connectivity index (χ0) is 37.2. The van der Waals surface area contributed by atoms with E-state index >= 15 is 0 Å². The number of thiophene rings is 2. The van der Waals surface area contributed by atoms with Crippen LogP contribution in [0.15, 0.2) is 146 Å². The monoisotopic (exact) mass is 1100 g/mol. The van der Waals surface area contributed by atoms with Gasteiger partial charge in [0.15, 0.2) is 0 Å². The predicted octanol–water partition coefficient (Wildman–Crippen LogP) is 9.15. The minimum absolute atomic E-state index is 0. The molecule has 0 aliphatic rings. The fourth-order valence-electron chi connectivity index (χ4n) is 6.85. The number of hydrogen-bond acceptors (Lipinski definition) is 2. The zero-order valence-electron chi connectivity index (χ0n) is 32.4. The van der Waals surface area contributed by atoms with E-state index in [1.165, 1.54) is 63.0 Å². The molecule has 0 saturated heterocycles. The Morgan fingerprint density at radius 3 is 0.981 bits per heavy atom. The molecular formula is C47H51I2P2RuS2+2. The topological polar surface area (TPSA) is 0 Å². The van der Waals surface area contributed by atoms with Gasteiger partial charge in [-0.1, -0.05) is 116 Å². The summed E-state index contributed by atoms with van der Waals surface area (Å²) in [5.74, 6) is 0.653. The van der Waals surface area contributed by atoms with Crippen LogP contribution in [0, 0.1) is 42.0 Å². The molecule has 0 aliphatic carbocycles. The molecule has 0 unspecified atom stereocenters. The van der Waals surface area contributed by atoms with E-state index in [0.29, 0.717) is 5.92 Å². The molecule has 0 amide bonds. The predicted molar refractivity (Wildman–Crippen MR) is 252 cm³/mol. The summed E-state index contributed by atoms with van der Waals surface area (Å²) in [5.41, 5.74) is 5.75. The van der Waals surface area contributed by atoms with E-state index in [0.717, 1.165) is 0 Å². The molecule has 0 fully saturated rings. The Labute approximate surface area is 374 Å². The molecule has 0 bridgehead atoms. The van der Waals surface area contributed by atoms with Gasteiger partial charge in [-0.3, -0.25) is 0 Å². The SMILES string of the molecule is Cc1ccc(C(C)C)cc1.Cc1sc(C)c([PH+](c2ccccc2)c2ccccc2)c1-c1c(C)sc(C)c1[PH+](c1ccccc1)c1ccccc1.[CH3-].[I-].[Ru+2][I]. The molecule has 0 spiro atoms. The van der Waals surface area contributed by atoms with Crippen molar-refractivity contribution in [2.45, 2.75) is 54.4 Å². The fraction of sp³-hybridized carbons (Fsp3) is 0.170. The first-order chi connectivity index (χ1) is 25.2. The van der Waals surface area contributed by atoms with Crippen molar-refractivity contribution in [3.8, 4) is 11.1 Å². The molecule has 0 N–H and O–H groups in total. The van der Waals surface area contributed by atoms with Crippen LogP contribution in [0.25, 0.3) is 11.1 Å². The molecule has 54 heavy (non-hydrogen) atoms. The average molecular weight is 1100 g/mol. The van der Waals surface area contributed by atoms with Gasteiger partial charge < -0.3 is 31.4 Å². The Balaban J connectivity index is 0.000000485. The molecule has 0 saturated carbocycles. The van der Waals surface area contributed by atoms with Gasteiger partial charge in [-0.05, 0) is 94.6 Å². The van der Waals surface area contributed by atoms with Crippen LogP contribution >= 0.6 is 58.3 Å². The molecule has 5 aromatic carbocycles. The molecule has 7 rings (SSSR count). The number of benzene rings is 5. The van der Waals surface area contributed by atoms with Crippen LogP contribution < -0.4 is 55.8 Å². The van der Waals surface area contributed by atoms with Crippen LogP contribution in [0.2, 0.25) is 0 Å². The first kappa shape index (κ1) is 46.8. The average Bonchev–Trinajstić information content (AvgIpc) is 3.62. The Hall–Kier alpha value is -1.56. The van der Waals surface area contributed by atoms with Crippen molar-refractivity contribution in [1.82, 2.24) is 0 Å². The Morgan fingerprint density at radius 1 is 0.444 bits per heavy atom. The van der Waals surface area contributed by atoms with Gasteiger partial charge in [0.1, 0.15) is 47.7 Å². The summed E-state index contributed by atoms with van der Waals surface area (Å²) in [7, 11) is -2.43. The van der Waals surface area contributed by atoms with Crippen LogP contribution in [-0.4, -0.2) is 0 Å². The second-order valence-corrected chi connectivity index (χ2v) is 20.9. The number of rotatable bonds is 8. The third-order valence-electron chi connectivity index (χ3n) is 9.26. The zero-order valence-corrected chi connectivity index (χ0v) is 42.0. The van der Waals surface area contributed by atoms with Crippen LogP contribution in [0.1, 0.15) is 50.4 Å². The normalized spacial score (nSPS) is 10.5. The third-order valence-corrected chi connectivity index (χ3v) is 17.6. The van der Waals surface area contributed by atoms with E-state index in [1.54, 1.807) is 10.6 Å². The first-order valence-electron chi connectivity index (χ1n) is 17.6. The molecule has 0 aliphatic heterocycles. The van der Waals surface area contributed by atoms with Gasteiger partial charge in [0.2, 0.25) is 0 Å². The van der Waals surface area contributed by atoms with Gasteiger partial charge in [0.25, 0.3) is 0 Å². The summed E-state index contributed by atoms with van der Waals surface area (Å²) in [6, 6.07) is 53.6. The second-order valence-electron chi connectivity index (χ2n) is 13.2. The minimum atomic E-state index is -1.21. The summed E-state index contributed by atoms with van der Waals surface area (Å²) in [4.78, 5) is 5.78. The van der Waals surface area contributed by atoms with Crippen LogP contribution in [0.4, 0.5) is 0 Å². The quantitative estimate of drug-likeness (QED) is 0.0617. The number of halogens is 2. The van der Waals surface area contributed by atoms with E-state index in [1.807, 2.05) is 22.7 Å². The molecule has 2 aromatic heterocycles. The van der Waals surface area contributed by atoms with Crippen molar-refractivity contribution in [1.29, 1.82) is 0 Å².